The van der Waals surface area contributed by atoms with E-state index in [2.05, 4.69) is 15.5 Å². The molecule has 4 heterocycles. The fourth-order valence-electron chi connectivity index (χ4n) is 5.45. The van der Waals surface area contributed by atoms with Gasteiger partial charge >= 0.3 is 6.18 Å². The molecule has 1 aromatic carbocycles. The van der Waals surface area contributed by atoms with E-state index in [1.165, 1.54) is 36.2 Å². The maximum atomic E-state index is 13.0. The monoisotopic (exact) mass is 443 g/mol. The van der Waals surface area contributed by atoms with Crippen LogP contribution in [-0.2, 0) is 24.7 Å². The van der Waals surface area contributed by atoms with Crippen molar-refractivity contribution in [2.24, 2.45) is 0 Å². The van der Waals surface area contributed by atoms with Gasteiger partial charge in [-0.3, -0.25) is 9.88 Å². The molecule has 1 N–H and O–H groups in total. The average Bonchev–Trinajstić information content (AvgIpc) is 3.06. The molecule has 2 aliphatic heterocycles. The van der Waals surface area contributed by atoms with Crippen LogP contribution in [-0.4, -0.2) is 32.6 Å². The van der Waals surface area contributed by atoms with E-state index in [1.807, 2.05) is 13.0 Å². The number of alkyl halides is 3. The Morgan fingerprint density at radius 1 is 1.03 bits per heavy atom. The lowest BCUT2D eigenvalue weighted by Gasteiger charge is -2.40. The predicted octanol–water partition coefficient (Wildman–Crippen LogP) is 5.35. The number of hydrogen-bond donors (Lipinski definition) is 1. The van der Waals surface area contributed by atoms with E-state index in [9.17, 15) is 18.3 Å². The molecule has 0 spiro atoms. The van der Waals surface area contributed by atoms with Crippen molar-refractivity contribution in [3.8, 4) is 0 Å². The Morgan fingerprint density at radius 2 is 1.75 bits per heavy atom. The maximum Gasteiger partial charge on any atom is 0.416 e. The van der Waals surface area contributed by atoms with Gasteiger partial charge < -0.3 is 9.67 Å². The molecule has 170 valence electrons. The molecular weight excluding hydrogens is 415 g/mol. The maximum absolute atomic E-state index is 13.0. The summed E-state index contributed by atoms with van der Waals surface area (Å²) in [6.45, 7) is 6.01. The number of aryl methyl sites for hydroxylation is 1. The molecule has 2 aliphatic rings. The summed E-state index contributed by atoms with van der Waals surface area (Å²) in [5.41, 5.74) is 3.86. The van der Waals surface area contributed by atoms with Gasteiger partial charge in [-0.05, 0) is 63.1 Å². The summed E-state index contributed by atoms with van der Waals surface area (Å²) in [7, 11) is 0. The summed E-state index contributed by atoms with van der Waals surface area (Å²) in [5.74, 6) is 0. The van der Waals surface area contributed by atoms with Gasteiger partial charge in [0.1, 0.15) is 5.60 Å². The van der Waals surface area contributed by atoms with Crippen molar-refractivity contribution in [2.45, 2.75) is 63.9 Å². The highest BCUT2D eigenvalue weighted by molar-refractivity contribution is 5.83. The normalized spacial score (nSPS) is 21.2. The number of aromatic nitrogens is 2. The van der Waals surface area contributed by atoms with Crippen LogP contribution in [0.4, 0.5) is 13.2 Å². The third-order valence-electron chi connectivity index (χ3n) is 7.08. The van der Waals surface area contributed by atoms with E-state index in [-0.39, 0.29) is 6.54 Å². The summed E-state index contributed by atoms with van der Waals surface area (Å²) >= 11 is 0. The van der Waals surface area contributed by atoms with Crippen molar-refractivity contribution in [3.63, 3.8) is 0 Å². The smallest absolute Gasteiger partial charge is 0.384 e. The van der Waals surface area contributed by atoms with Crippen LogP contribution >= 0.6 is 0 Å². The number of aliphatic hydroxyl groups is 1. The van der Waals surface area contributed by atoms with Gasteiger partial charge in [-0.25, -0.2) is 0 Å². The minimum Gasteiger partial charge on any atom is -0.384 e. The summed E-state index contributed by atoms with van der Waals surface area (Å²) in [6, 6.07) is 9.23. The van der Waals surface area contributed by atoms with Crippen LogP contribution in [0.1, 0.15) is 60.3 Å². The molecular formula is C25H28F3N3O. The van der Waals surface area contributed by atoms with Crippen molar-refractivity contribution >= 4 is 11.0 Å². The summed E-state index contributed by atoms with van der Waals surface area (Å²) in [6.07, 6.45) is 0.0127. The third-order valence-corrected chi connectivity index (χ3v) is 7.08. The molecule has 0 radical (unpaired) electrons. The van der Waals surface area contributed by atoms with Crippen molar-refractivity contribution in [1.29, 1.82) is 0 Å². The topological polar surface area (TPSA) is 41.3 Å². The van der Waals surface area contributed by atoms with Crippen LogP contribution in [0.3, 0.4) is 0 Å². The zero-order chi connectivity index (χ0) is 22.7. The zero-order valence-corrected chi connectivity index (χ0v) is 18.4. The number of pyridine rings is 1. The quantitative estimate of drug-likeness (QED) is 0.593. The van der Waals surface area contributed by atoms with Crippen LogP contribution < -0.4 is 0 Å². The molecule has 32 heavy (non-hydrogen) atoms. The van der Waals surface area contributed by atoms with Crippen LogP contribution in [0.2, 0.25) is 0 Å². The van der Waals surface area contributed by atoms with Gasteiger partial charge in [0.15, 0.2) is 0 Å². The molecule has 1 fully saturated rings. The van der Waals surface area contributed by atoms with Gasteiger partial charge in [-0.2, -0.15) is 13.2 Å². The van der Waals surface area contributed by atoms with E-state index in [4.69, 9.17) is 4.98 Å². The number of hydrogen-bond acceptors (Lipinski definition) is 3. The van der Waals surface area contributed by atoms with E-state index in [1.54, 1.807) is 6.92 Å². The lowest BCUT2D eigenvalue weighted by molar-refractivity contribution is -0.137. The first-order chi connectivity index (χ1) is 15.1. The summed E-state index contributed by atoms with van der Waals surface area (Å²) < 4.78 is 41.1. The average molecular weight is 444 g/mol. The Hall–Kier alpha value is -2.38. The Labute approximate surface area is 185 Å². The number of benzene rings is 1. The molecule has 0 saturated carbocycles. The molecule has 7 heteroatoms. The first-order valence-electron chi connectivity index (χ1n) is 11.3. The molecule has 3 aromatic rings. The Kier molecular flexibility index (Phi) is 5.09. The molecule has 4 nitrogen and oxygen atoms in total. The third kappa shape index (κ3) is 3.61. The molecule has 1 saturated heterocycles. The molecule has 5 rings (SSSR count). The Balaban J connectivity index is 1.57. The summed E-state index contributed by atoms with van der Waals surface area (Å²) in [4.78, 5) is 7.44. The second-order valence-electron chi connectivity index (χ2n) is 9.41. The first-order valence-corrected chi connectivity index (χ1v) is 11.3. The first kappa shape index (κ1) is 21.5. The van der Waals surface area contributed by atoms with Crippen molar-refractivity contribution in [3.05, 3.63) is 64.5 Å². The van der Waals surface area contributed by atoms with E-state index >= 15 is 0 Å². The van der Waals surface area contributed by atoms with Gasteiger partial charge in [-0.15, -0.1) is 0 Å². The highest BCUT2D eigenvalue weighted by atomic mass is 19.4. The van der Waals surface area contributed by atoms with Gasteiger partial charge in [0, 0.05) is 36.0 Å². The number of nitrogens with zero attached hydrogens (tertiary/aromatic N) is 3. The predicted molar refractivity (Wildman–Crippen MR) is 117 cm³/mol. The van der Waals surface area contributed by atoms with Crippen LogP contribution in [0.25, 0.3) is 11.0 Å². The second kappa shape index (κ2) is 7.59. The molecule has 2 atom stereocenters. The minimum atomic E-state index is -4.39. The van der Waals surface area contributed by atoms with Crippen molar-refractivity contribution < 1.29 is 18.3 Å². The molecule has 2 unspecified atom stereocenters. The SMILES string of the molecule is Cc1ccc2c(n1)c1c(n2CC(C)(O)c2ccc(C(F)(F)F)cc2)CCN2CCCCC12. The van der Waals surface area contributed by atoms with Crippen molar-refractivity contribution in [2.75, 3.05) is 13.1 Å². The minimum absolute atomic E-state index is 0.266. The highest BCUT2D eigenvalue weighted by Gasteiger charge is 2.37. The zero-order valence-electron chi connectivity index (χ0n) is 18.4. The fraction of sp³-hybridized carbons (Fsp3) is 0.480. The Morgan fingerprint density at radius 3 is 2.47 bits per heavy atom. The van der Waals surface area contributed by atoms with Crippen molar-refractivity contribution in [1.82, 2.24) is 14.5 Å². The van der Waals surface area contributed by atoms with Gasteiger partial charge in [0.05, 0.1) is 23.1 Å². The van der Waals surface area contributed by atoms with E-state index < -0.39 is 17.3 Å². The van der Waals surface area contributed by atoms with Gasteiger partial charge in [-0.1, -0.05) is 18.6 Å². The van der Waals surface area contributed by atoms with E-state index in [0.717, 1.165) is 54.8 Å². The number of piperidine rings is 1. The largest absolute Gasteiger partial charge is 0.416 e. The summed E-state index contributed by atoms with van der Waals surface area (Å²) in [5, 5.41) is 11.4. The molecule has 0 aliphatic carbocycles. The Bertz CT molecular complexity index is 1150. The highest BCUT2D eigenvalue weighted by Crippen LogP contribution is 2.42. The number of rotatable bonds is 3. The van der Waals surface area contributed by atoms with Crippen LogP contribution in [0.5, 0.6) is 0 Å². The van der Waals surface area contributed by atoms with Gasteiger partial charge in [0.2, 0.25) is 0 Å². The number of halogens is 3. The molecule has 0 bridgehead atoms. The van der Waals surface area contributed by atoms with Gasteiger partial charge in [0.25, 0.3) is 0 Å². The lowest BCUT2D eigenvalue weighted by Crippen LogP contribution is -2.39. The molecule has 2 aromatic heterocycles. The standard InChI is InChI=1S/C25H28F3N3O/c1-16-6-11-21-23(29-16)22-19-5-3-4-13-30(19)14-12-20(22)31(21)15-24(2,32)17-7-9-18(10-8-17)25(26,27)28/h6-11,19,32H,3-5,12-15H2,1-2H3. The second-order valence-corrected chi connectivity index (χ2v) is 9.41. The van der Waals surface area contributed by atoms with Crippen LogP contribution in [0.15, 0.2) is 36.4 Å². The van der Waals surface area contributed by atoms with Crippen LogP contribution in [0, 0.1) is 6.92 Å². The molecule has 0 amide bonds. The lowest BCUT2D eigenvalue weighted by atomic mass is 9.90. The van der Waals surface area contributed by atoms with E-state index in [0.29, 0.717) is 11.6 Å². The fourth-order valence-corrected chi connectivity index (χ4v) is 5.45. The number of fused-ring (bicyclic) bond motifs is 5.